The molecule has 0 saturated heterocycles. The average Bonchev–Trinajstić information content (AvgIpc) is 2.79. The van der Waals surface area contributed by atoms with Crippen molar-refractivity contribution in [1.29, 1.82) is 0 Å². The molecule has 3 aromatic carbocycles. The number of nitrogens with zero attached hydrogens (tertiary/aromatic N) is 2. The van der Waals surface area contributed by atoms with Crippen molar-refractivity contribution in [2.45, 2.75) is 13.0 Å². The van der Waals surface area contributed by atoms with Crippen LogP contribution in [0.2, 0.25) is 5.02 Å². The van der Waals surface area contributed by atoms with Crippen molar-refractivity contribution >= 4 is 34.1 Å². The summed E-state index contributed by atoms with van der Waals surface area (Å²) in [4.78, 5) is 38.6. The molecular formula is C24H17ClN2O4. The molecule has 0 aliphatic heterocycles. The average molecular weight is 433 g/mol. The molecule has 31 heavy (non-hydrogen) atoms. The zero-order valence-corrected chi connectivity index (χ0v) is 17.2. The minimum atomic E-state index is -1.07. The van der Waals surface area contributed by atoms with E-state index in [9.17, 15) is 14.4 Å². The minimum Gasteiger partial charge on any atom is -0.449 e. The minimum absolute atomic E-state index is 0.0511. The molecule has 0 bridgehead atoms. The third kappa shape index (κ3) is 4.11. The van der Waals surface area contributed by atoms with Crippen LogP contribution in [0.15, 0.2) is 83.7 Å². The first-order valence-electron chi connectivity index (χ1n) is 9.54. The summed E-state index contributed by atoms with van der Waals surface area (Å²) in [5.74, 6) is -1.19. The van der Waals surface area contributed by atoms with Crippen molar-refractivity contribution in [3.05, 3.63) is 105 Å². The summed E-state index contributed by atoms with van der Waals surface area (Å²) < 4.78 is 6.58. The smallest absolute Gasteiger partial charge is 0.360 e. The maximum absolute atomic E-state index is 13.0. The van der Waals surface area contributed by atoms with Crippen LogP contribution in [-0.4, -0.2) is 27.6 Å². The number of para-hydroxylation sites is 1. The topological polar surface area (TPSA) is 78.3 Å². The van der Waals surface area contributed by atoms with Crippen LogP contribution in [0.1, 0.15) is 27.8 Å². The Balaban J connectivity index is 1.73. The van der Waals surface area contributed by atoms with Gasteiger partial charge in [0.05, 0.1) is 11.1 Å². The van der Waals surface area contributed by atoms with Crippen LogP contribution in [0.25, 0.3) is 16.5 Å². The normalized spacial score (nSPS) is 11.8. The molecule has 0 N–H and O–H groups in total. The number of esters is 1. The van der Waals surface area contributed by atoms with Gasteiger partial charge in [0.15, 0.2) is 11.8 Å². The van der Waals surface area contributed by atoms with Gasteiger partial charge < -0.3 is 4.74 Å². The Labute approximate surface area is 182 Å². The van der Waals surface area contributed by atoms with Crippen LogP contribution in [0.4, 0.5) is 0 Å². The highest BCUT2D eigenvalue weighted by Crippen LogP contribution is 2.18. The molecule has 0 spiro atoms. The Kier molecular flexibility index (Phi) is 5.64. The quantitative estimate of drug-likeness (QED) is 0.343. The van der Waals surface area contributed by atoms with E-state index in [1.807, 2.05) is 6.07 Å². The lowest BCUT2D eigenvalue weighted by atomic mass is 10.1. The number of aromatic nitrogens is 2. The lowest BCUT2D eigenvalue weighted by molar-refractivity contribution is 0.0313. The molecule has 154 valence electrons. The Morgan fingerprint density at radius 2 is 1.61 bits per heavy atom. The van der Waals surface area contributed by atoms with Crippen LogP contribution < -0.4 is 5.56 Å². The SMILES string of the molecule is C[C@@H](OC(=O)c1nn(-c2ccccc2)c(=O)c2ccccc12)C(=O)c1cccc(Cl)c1. The molecule has 0 saturated carbocycles. The predicted molar refractivity (Wildman–Crippen MR) is 118 cm³/mol. The van der Waals surface area contributed by atoms with Gasteiger partial charge in [0.25, 0.3) is 5.56 Å². The molecule has 0 unspecified atom stereocenters. The molecule has 1 heterocycles. The van der Waals surface area contributed by atoms with Gasteiger partial charge in [0.2, 0.25) is 5.78 Å². The molecule has 0 amide bonds. The molecule has 7 heteroatoms. The third-order valence-corrected chi connectivity index (χ3v) is 5.00. The number of ketones is 1. The highest BCUT2D eigenvalue weighted by atomic mass is 35.5. The number of hydrogen-bond donors (Lipinski definition) is 0. The fourth-order valence-electron chi connectivity index (χ4n) is 3.23. The number of benzene rings is 3. The van der Waals surface area contributed by atoms with Gasteiger partial charge in [-0.05, 0) is 37.3 Å². The number of carbonyl (C=O) groups excluding carboxylic acids is 2. The zero-order valence-electron chi connectivity index (χ0n) is 16.5. The van der Waals surface area contributed by atoms with E-state index < -0.39 is 17.9 Å². The summed E-state index contributed by atoms with van der Waals surface area (Å²) in [6.07, 6.45) is -1.07. The Morgan fingerprint density at radius 1 is 0.935 bits per heavy atom. The maximum atomic E-state index is 13.0. The number of fused-ring (bicyclic) bond motifs is 1. The van der Waals surface area contributed by atoms with Crippen LogP contribution in [0.3, 0.4) is 0 Å². The molecular weight excluding hydrogens is 416 g/mol. The summed E-state index contributed by atoms with van der Waals surface area (Å²) in [6.45, 7) is 1.48. The largest absolute Gasteiger partial charge is 0.449 e. The van der Waals surface area contributed by atoms with Crippen LogP contribution >= 0.6 is 11.6 Å². The van der Waals surface area contributed by atoms with Gasteiger partial charge in [0.1, 0.15) is 0 Å². The molecule has 1 atom stereocenters. The first kappa shape index (κ1) is 20.5. The van der Waals surface area contributed by atoms with Gasteiger partial charge in [-0.15, -0.1) is 0 Å². The molecule has 0 fully saturated rings. The molecule has 4 aromatic rings. The van der Waals surface area contributed by atoms with Crippen molar-refractivity contribution in [2.24, 2.45) is 0 Å². The summed E-state index contributed by atoms with van der Waals surface area (Å²) in [6, 6.07) is 21.8. The Morgan fingerprint density at radius 3 is 2.32 bits per heavy atom. The molecule has 0 aliphatic carbocycles. The van der Waals surface area contributed by atoms with Crippen molar-refractivity contribution in [2.75, 3.05) is 0 Å². The van der Waals surface area contributed by atoms with Crippen molar-refractivity contribution in [1.82, 2.24) is 9.78 Å². The van der Waals surface area contributed by atoms with Crippen molar-refractivity contribution in [3.63, 3.8) is 0 Å². The van der Waals surface area contributed by atoms with Gasteiger partial charge in [-0.2, -0.15) is 9.78 Å². The number of halogens is 1. The van der Waals surface area contributed by atoms with E-state index in [1.54, 1.807) is 66.7 Å². The number of ether oxygens (including phenoxy) is 1. The summed E-state index contributed by atoms with van der Waals surface area (Å²) in [7, 11) is 0. The van der Waals surface area contributed by atoms with E-state index in [-0.39, 0.29) is 11.3 Å². The number of rotatable bonds is 5. The lowest BCUT2D eigenvalue weighted by Gasteiger charge is -2.14. The van der Waals surface area contributed by atoms with Gasteiger partial charge >= 0.3 is 5.97 Å². The van der Waals surface area contributed by atoms with Gasteiger partial charge in [-0.1, -0.05) is 60.1 Å². The number of carbonyl (C=O) groups is 2. The Hall–Kier alpha value is -3.77. The second-order valence-corrected chi connectivity index (χ2v) is 7.31. The summed E-state index contributed by atoms with van der Waals surface area (Å²) in [5.41, 5.74) is 0.432. The lowest BCUT2D eigenvalue weighted by Crippen LogP contribution is -2.28. The number of Topliss-reactive ketones (excluding diaryl/α,β-unsaturated/α-hetero) is 1. The molecule has 6 nitrogen and oxygen atoms in total. The van der Waals surface area contributed by atoms with E-state index in [4.69, 9.17) is 16.3 Å². The van der Waals surface area contributed by atoms with Crippen LogP contribution in [0, 0.1) is 0 Å². The highest BCUT2D eigenvalue weighted by Gasteiger charge is 2.24. The van der Waals surface area contributed by atoms with Crippen LogP contribution in [-0.2, 0) is 4.74 Å². The van der Waals surface area contributed by atoms with Gasteiger partial charge in [-0.3, -0.25) is 9.59 Å². The van der Waals surface area contributed by atoms with Crippen molar-refractivity contribution in [3.8, 4) is 5.69 Å². The first-order chi connectivity index (χ1) is 15.0. The van der Waals surface area contributed by atoms with Gasteiger partial charge in [-0.25, -0.2) is 4.79 Å². The van der Waals surface area contributed by atoms with E-state index in [0.717, 1.165) is 4.68 Å². The number of hydrogen-bond acceptors (Lipinski definition) is 5. The van der Waals surface area contributed by atoms with E-state index in [0.29, 0.717) is 27.0 Å². The van der Waals surface area contributed by atoms with Gasteiger partial charge in [0, 0.05) is 16.0 Å². The first-order valence-corrected chi connectivity index (χ1v) is 9.92. The summed E-state index contributed by atoms with van der Waals surface area (Å²) >= 11 is 5.95. The second kappa shape index (κ2) is 8.53. The van der Waals surface area contributed by atoms with Crippen LogP contribution in [0.5, 0.6) is 0 Å². The van der Waals surface area contributed by atoms with E-state index in [1.165, 1.54) is 13.0 Å². The highest BCUT2D eigenvalue weighted by molar-refractivity contribution is 6.31. The maximum Gasteiger partial charge on any atom is 0.360 e. The molecule has 0 aliphatic rings. The second-order valence-electron chi connectivity index (χ2n) is 6.87. The fourth-order valence-corrected chi connectivity index (χ4v) is 3.42. The summed E-state index contributed by atoms with van der Waals surface area (Å²) in [5, 5.41) is 5.35. The fraction of sp³-hybridized carbons (Fsp3) is 0.0833. The monoisotopic (exact) mass is 432 g/mol. The molecule has 1 aromatic heterocycles. The molecule has 4 rings (SSSR count). The van der Waals surface area contributed by atoms with E-state index >= 15 is 0 Å². The molecule has 0 radical (unpaired) electrons. The predicted octanol–water partition coefficient (Wildman–Crippen LogP) is 4.47. The standard InChI is InChI=1S/C24H17ClN2O4/c1-15(22(28)16-8-7-9-17(25)14-16)31-24(30)21-19-12-5-6-13-20(19)23(29)27(26-21)18-10-3-2-4-11-18/h2-15H,1H3/t15-/m1/s1. The zero-order chi connectivity index (χ0) is 22.0. The van der Waals surface area contributed by atoms with E-state index in [2.05, 4.69) is 5.10 Å². The van der Waals surface area contributed by atoms with Crippen molar-refractivity contribution < 1.29 is 14.3 Å². The Bertz CT molecular complexity index is 1350. The third-order valence-electron chi connectivity index (χ3n) is 4.76.